The molecular formula is C13H25NO. The number of hydrogen-bond donors (Lipinski definition) is 0. The Labute approximate surface area is 94.1 Å². The first-order valence-corrected chi connectivity index (χ1v) is 5.80. The summed E-state index contributed by atoms with van der Waals surface area (Å²) in [5, 5.41) is 4.03. The highest BCUT2D eigenvalue weighted by Crippen LogP contribution is 2.24. The van der Waals surface area contributed by atoms with Gasteiger partial charge in [0.15, 0.2) is 0 Å². The molecule has 1 rings (SSSR count). The van der Waals surface area contributed by atoms with Crippen LogP contribution in [-0.2, 0) is 5.41 Å². The lowest BCUT2D eigenvalue weighted by Gasteiger charge is -2.12. The van der Waals surface area contributed by atoms with Gasteiger partial charge in [0, 0.05) is 17.4 Å². The molecule has 1 heterocycles. The number of rotatable bonds is 1. The minimum Gasteiger partial charge on any atom is -0.361 e. The first-order valence-electron chi connectivity index (χ1n) is 5.80. The summed E-state index contributed by atoms with van der Waals surface area (Å²) in [5.74, 6) is 1.40. The number of hydrogen-bond acceptors (Lipinski definition) is 2. The molecule has 1 aromatic rings. The summed E-state index contributed by atoms with van der Waals surface area (Å²) < 4.78 is 5.20. The highest BCUT2D eigenvalue weighted by Gasteiger charge is 2.19. The zero-order valence-electron chi connectivity index (χ0n) is 11.2. The summed E-state index contributed by atoms with van der Waals surface area (Å²) in [7, 11) is 0. The van der Waals surface area contributed by atoms with Gasteiger partial charge in [-0.2, -0.15) is 0 Å². The van der Waals surface area contributed by atoms with Crippen LogP contribution in [0.1, 0.15) is 72.3 Å². The number of nitrogens with zero attached hydrogens (tertiary/aromatic N) is 1. The molecule has 0 aliphatic heterocycles. The molecule has 0 radical (unpaired) electrons. The molecule has 0 saturated heterocycles. The largest absolute Gasteiger partial charge is 0.361 e. The van der Waals surface area contributed by atoms with Crippen molar-refractivity contribution in [3.8, 4) is 0 Å². The standard InChI is InChI=1S/C10H17NO.C3H8/c1-7(2)8-6-9(11-12-8)10(3,4)5;1-3-2/h6-7H,1-5H3;3H2,1-2H3. The molecule has 0 spiro atoms. The highest BCUT2D eigenvalue weighted by atomic mass is 16.5. The minimum atomic E-state index is 0.0939. The first-order chi connectivity index (χ1) is 6.82. The van der Waals surface area contributed by atoms with Crippen molar-refractivity contribution >= 4 is 0 Å². The second-order valence-electron chi connectivity index (χ2n) is 5.23. The maximum absolute atomic E-state index is 5.20. The van der Waals surface area contributed by atoms with Gasteiger partial charge >= 0.3 is 0 Å². The molecule has 0 aliphatic carbocycles. The smallest absolute Gasteiger partial charge is 0.139 e. The van der Waals surface area contributed by atoms with Crippen LogP contribution in [0.25, 0.3) is 0 Å². The van der Waals surface area contributed by atoms with Gasteiger partial charge in [-0.3, -0.25) is 0 Å². The lowest BCUT2D eigenvalue weighted by atomic mass is 9.92. The quantitative estimate of drug-likeness (QED) is 0.683. The summed E-state index contributed by atoms with van der Waals surface area (Å²) in [6, 6.07) is 2.05. The normalized spacial score (nSPS) is 11.2. The predicted octanol–water partition coefficient (Wildman–Crippen LogP) is 4.51. The van der Waals surface area contributed by atoms with Crippen LogP contribution in [0, 0.1) is 0 Å². The molecule has 0 fully saturated rings. The van der Waals surface area contributed by atoms with E-state index in [1.807, 2.05) is 6.07 Å². The first kappa shape index (κ1) is 14.2. The van der Waals surface area contributed by atoms with E-state index in [4.69, 9.17) is 4.52 Å². The van der Waals surface area contributed by atoms with Crippen molar-refractivity contribution in [3.63, 3.8) is 0 Å². The molecule has 88 valence electrons. The fourth-order valence-corrected chi connectivity index (χ4v) is 0.915. The Bertz CT molecular complexity index is 268. The van der Waals surface area contributed by atoms with Gasteiger partial charge in [0.05, 0.1) is 5.69 Å². The molecule has 15 heavy (non-hydrogen) atoms. The van der Waals surface area contributed by atoms with E-state index in [9.17, 15) is 0 Å². The van der Waals surface area contributed by atoms with Gasteiger partial charge in [0.1, 0.15) is 5.76 Å². The fraction of sp³-hybridized carbons (Fsp3) is 0.769. The summed E-state index contributed by atoms with van der Waals surface area (Å²) in [4.78, 5) is 0. The van der Waals surface area contributed by atoms with Crippen molar-refractivity contribution in [2.45, 2.75) is 66.2 Å². The molecular weight excluding hydrogens is 186 g/mol. The van der Waals surface area contributed by atoms with Gasteiger partial charge in [0.25, 0.3) is 0 Å². The molecule has 2 heteroatoms. The third kappa shape index (κ3) is 5.01. The maximum atomic E-state index is 5.20. The third-order valence-corrected chi connectivity index (χ3v) is 1.87. The Kier molecular flexibility index (Phi) is 5.63. The van der Waals surface area contributed by atoms with Crippen LogP contribution >= 0.6 is 0 Å². The van der Waals surface area contributed by atoms with E-state index in [1.165, 1.54) is 6.42 Å². The van der Waals surface area contributed by atoms with Gasteiger partial charge in [-0.25, -0.2) is 0 Å². The Balaban J connectivity index is 0.000000583. The van der Waals surface area contributed by atoms with E-state index in [0.29, 0.717) is 5.92 Å². The van der Waals surface area contributed by atoms with Crippen LogP contribution in [0.3, 0.4) is 0 Å². The van der Waals surface area contributed by atoms with Crippen LogP contribution in [0.15, 0.2) is 10.6 Å². The minimum absolute atomic E-state index is 0.0939. The van der Waals surface area contributed by atoms with Gasteiger partial charge in [-0.15, -0.1) is 0 Å². The van der Waals surface area contributed by atoms with Gasteiger partial charge in [0.2, 0.25) is 0 Å². The Morgan fingerprint density at radius 1 is 1.27 bits per heavy atom. The Morgan fingerprint density at radius 3 is 1.93 bits per heavy atom. The summed E-state index contributed by atoms with van der Waals surface area (Å²) in [5.41, 5.74) is 1.13. The van der Waals surface area contributed by atoms with Crippen LogP contribution in [0.4, 0.5) is 0 Å². The SMILES string of the molecule is CC(C)c1cc(C(C)(C)C)no1.CCC. The van der Waals surface area contributed by atoms with Crippen molar-refractivity contribution in [3.05, 3.63) is 17.5 Å². The molecule has 0 atom stereocenters. The van der Waals surface area contributed by atoms with E-state index in [-0.39, 0.29) is 5.41 Å². The third-order valence-electron chi connectivity index (χ3n) is 1.87. The molecule has 0 unspecified atom stereocenters. The lowest BCUT2D eigenvalue weighted by Crippen LogP contribution is -2.10. The zero-order chi connectivity index (χ0) is 12.1. The fourth-order valence-electron chi connectivity index (χ4n) is 0.915. The van der Waals surface area contributed by atoms with Crippen LogP contribution in [0.5, 0.6) is 0 Å². The van der Waals surface area contributed by atoms with Gasteiger partial charge < -0.3 is 4.52 Å². The van der Waals surface area contributed by atoms with E-state index < -0.39 is 0 Å². The van der Waals surface area contributed by atoms with Crippen molar-refractivity contribution in [2.24, 2.45) is 0 Å². The molecule has 2 nitrogen and oxygen atoms in total. The summed E-state index contributed by atoms with van der Waals surface area (Å²) in [6.45, 7) is 14.9. The van der Waals surface area contributed by atoms with Crippen molar-refractivity contribution < 1.29 is 4.52 Å². The molecule has 0 N–H and O–H groups in total. The predicted molar refractivity (Wildman–Crippen MR) is 65.3 cm³/mol. The van der Waals surface area contributed by atoms with Gasteiger partial charge in [-0.1, -0.05) is 60.0 Å². The topological polar surface area (TPSA) is 26.0 Å². The van der Waals surface area contributed by atoms with E-state index in [0.717, 1.165) is 11.5 Å². The van der Waals surface area contributed by atoms with E-state index >= 15 is 0 Å². The van der Waals surface area contributed by atoms with E-state index in [2.05, 4.69) is 53.6 Å². The summed E-state index contributed by atoms with van der Waals surface area (Å²) in [6.07, 6.45) is 1.25. The van der Waals surface area contributed by atoms with E-state index in [1.54, 1.807) is 0 Å². The van der Waals surface area contributed by atoms with Crippen LogP contribution < -0.4 is 0 Å². The molecule has 0 amide bonds. The second-order valence-corrected chi connectivity index (χ2v) is 5.23. The van der Waals surface area contributed by atoms with Crippen LogP contribution in [0.2, 0.25) is 0 Å². The lowest BCUT2D eigenvalue weighted by molar-refractivity contribution is 0.354. The second kappa shape index (κ2) is 5.94. The van der Waals surface area contributed by atoms with Crippen molar-refractivity contribution in [1.82, 2.24) is 5.16 Å². The zero-order valence-corrected chi connectivity index (χ0v) is 11.2. The number of aromatic nitrogens is 1. The van der Waals surface area contributed by atoms with Crippen molar-refractivity contribution in [1.29, 1.82) is 0 Å². The average Bonchev–Trinajstić information content (AvgIpc) is 2.51. The summed E-state index contributed by atoms with van der Waals surface area (Å²) >= 11 is 0. The Hall–Kier alpha value is -0.790. The molecule has 1 aromatic heterocycles. The average molecular weight is 211 g/mol. The molecule has 0 saturated carbocycles. The molecule has 0 aromatic carbocycles. The maximum Gasteiger partial charge on any atom is 0.139 e. The van der Waals surface area contributed by atoms with Gasteiger partial charge in [-0.05, 0) is 0 Å². The molecule has 0 bridgehead atoms. The van der Waals surface area contributed by atoms with Crippen molar-refractivity contribution in [2.75, 3.05) is 0 Å². The highest BCUT2D eigenvalue weighted by molar-refractivity contribution is 5.15. The monoisotopic (exact) mass is 211 g/mol. The molecule has 0 aliphatic rings. The van der Waals surface area contributed by atoms with Crippen LogP contribution in [-0.4, -0.2) is 5.16 Å². The Morgan fingerprint density at radius 2 is 1.73 bits per heavy atom.